The van der Waals surface area contributed by atoms with Gasteiger partial charge in [-0.25, -0.2) is 4.98 Å². The Bertz CT molecular complexity index is 1110. The first-order chi connectivity index (χ1) is 12.6. The van der Waals surface area contributed by atoms with Crippen molar-refractivity contribution in [1.82, 2.24) is 19.7 Å². The summed E-state index contributed by atoms with van der Waals surface area (Å²) in [5.74, 6) is 0. The van der Waals surface area contributed by atoms with Crippen molar-refractivity contribution in [3.05, 3.63) is 81.9 Å². The van der Waals surface area contributed by atoms with Gasteiger partial charge in [-0.05, 0) is 23.8 Å². The first-order valence-electron chi connectivity index (χ1n) is 7.77. The Morgan fingerprint density at radius 3 is 2.62 bits per heavy atom. The van der Waals surface area contributed by atoms with Gasteiger partial charge in [0, 0.05) is 35.7 Å². The maximum Gasteiger partial charge on any atom is 0.269 e. The molecule has 8 heteroatoms. The van der Waals surface area contributed by atoms with Crippen molar-refractivity contribution in [2.75, 3.05) is 0 Å². The van der Waals surface area contributed by atoms with Gasteiger partial charge < -0.3 is 0 Å². The van der Waals surface area contributed by atoms with E-state index in [2.05, 4.69) is 15.1 Å². The maximum absolute atomic E-state index is 10.7. The lowest BCUT2D eigenvalue weighted by Gasteiger charge is -2.02. The molecule has 1 aromatic carbocycles. The van der Waals surface area contributed by atoms with Crippen LogP contribution in [0, 0.1) is 10.1 Å². The molecule has 26 heavy (non-hydrogen) atoms. The van der Waals surface area contributed by atoms with Crippen LogP contribution < -0.4 is 0 Å². The van der Waals surface area contributed by atoms with Crippen LogP contribution in [0.3, 0.4) is 0 Å². The van der Waals surface area contributed by atoms with Crippen molar-refractivity contribution < 1.29 is 4.92 Å². The lowest BCUT2D eigenvalue weighted by atomic mass is 10.1. The van der Waals surface area contributed by atoms with Crippen molar-refractivity contribution >= 4 is 28.3 Å². The van der Waals surface area contributed by atoms with Gasteiger partial charge in [0.25, 0.3) is 5.69 Å². The van der Waals surface area contributed by atoms with E-state index in [0.29, 0.717) is 11.7 Å². The highest BCUT2D eigenvalue weighted by atomic mass is 35.5. The number of nitro groups is 1. The number of non-ortho nitro benzene ring substituents is 1. The van der Waals surface area contributed by atoms with Crippen LogP contribution >= 0.6 is 11.6 Å². The van der Waals surface area contributed by atoms with E-state index in [9.17, 15) is 10.1 Å². The highest BCUT2D eigenvalue weighted by Crippen LogP contribution is 2.23. The molecular formula is C18H12ClN5O2. The average molecular weight is 366 g/mol. The third kappa shape index (κ3) is 3.25. The molecule has 0 saturated heterocycles. The van der Waals surface area contributed by atoms with Crippen molar-refractivity contribution in [1.29, 1.82) is 0 Å². The minimum absolute atomic E-state index is 0.0725. The molecule has 0 aliphatic rings. The van der Waals surface area contributed by atoms with Crippen LogP contribution in [-0.4, -0.2) is 24.7 Å². The lowest BCUT2D eigenvalue weighted by molar-refractivity contribution is -0.384. The zero-order chi connectivity index (χ0) is 18.1. The highest BCUT2D eigenvalue weighted by molar-refractivity contribution is 6.29. The quantitative estimate of drug-likeness (QED) is 0.308. The van der Waals surface area contributed by atoms with Crippen LogP contribution in [0.5, 0.6) is 0 Å². The van der Waals surface area contributed by atoms with E-state index >= 15 is 0 Å². The fourth-order valence-electron chi connectivity index (χ4n) is 2.65. The first-order valence-corrected chi connectivity index (χ1v) is 8.15. The number of fused-ring (bicyclic) bond motifs is 1. The number of hydrogen-bond acceptors (Lipinski definition) is 5. The van der Waals surface area contributed by atoms with Crippen LogP contribution in [-0.2, 0) is 6.54 Å². The molecule has 4 aromatic rings. The summed E-state index contributed by atoms with van der Waals surface area (Å²) >= 11 is 5.94. The Kier molecular flexibility index (Phi) is 4.06. The molecule has 0 N–H and O–H groups in total. The zero-order valence-electron chi connectivity index (χ0n) is 13.4. The van der Waals surface area contributed by atoms with Crippen molar-refractivity contribution in [3.63, 3.8) is 0 Å². The second kappa shape index (κ2) is 6.53. The normalized spacial score (nSPS) is 11.0. The Morgan fingerprint density at radius 1 is 1.04 bits per heavy atom. The number of nitro benzene ring substituents is 1. The van der Waals surface area contributed by atoms with E-state index in [4.69, 9.17) is 11.6 Å². The van der Waals surface area contributed by atoms with Gasteiger partial charge >= 0.3 is 0 Å². The molecule has 7 nitrogen and oxygen atoms in total. The molecule has 0 radical (unpaired) electrons. The van der Waals surface area contributed by atoms with E-state index in [0.717, 1.165) is 27.7 Å². The number of pyridine rings is 2. The number of aromatic nitrogens is 4. The molecule has 0 spiro atoms. The van der Waals surface area contributed by atoms with E-state index in [1.807, 2.05) is 18.3 Å². The number of hydrogen-bond donors (Lipinski definition) is 0. The van der Waals surface area contributed by atoms with Crippen LogP contribution in [0.15, 0.2) is 61.1 Å². The molecule has 3 heterocycles. The van der Waals surface area contributed by atoms with E-state index in [-0.39, 0.29) is 5.69 Å². The second-order valence-electron chi connectivity index (χ2n) is 5.75. The molecule has 128 valence electrons. The van der Waals surface area contributed by atoms with Gasteiger partial charge in [0.2, 0.25) is 0 Å². The third-order valence-corrected chi connectivity index (χ3v) is 4.17. The van der Waals surface area contributed by atoms with Crippen LogP contribution in [0.2, 0.25) is 5.15 Å². The first kappa shape index (κ1) is 16.2. The smallest absolute Gasteiger partial charge is 0.268 e. The van der Waals surface area contributed by atoms with E-state index in [1.165, 1.54) is 12.1 Å². The number of rotatable bonds is 4. The van der Waals surface area contributed by atoms with Gasteiger partial charge in [-0.15, -0.1) is 0 Å². The fraction of sp³-hybridized carbons (Fsp3) is 0.0556. The van der Waals surface area contributed by atoms with Gasteiger partial charge in [-0.1, -0.05) is 23.7 Å². The zero-order valence-corrected chi connectivity index (χ0v) is 14.2. The van der Waals surface area contributed by atoms with Gasteiger partial charge in [-0.2, -0.15) is 5.10 Å². The topological polar surface area (TPSA) is 86.7 Å². The van der Waals surface area contributed by atoms with E-state index in [1.54, 1.807) is 35.3 Å². The van der Waals surface area contributed by atoms with Crippen molar-refractivity contribution in [2.24, 2.45) is 0 Å². The Hall–Kier alpha value is -3.32. The van der Waals surface area contributed by atoms with Gasteiger partial charge in [0.15, 0.2) is 0 Å². The lowest BCUT2D eigenvalue weighted by Crippen LogP contribution is -1.99. The predicted molar refractivity (Wildman–Crippen MR) is 98.0 cm³/mol. The molecule has 0 amide bonds. The molecule has 0 atom stereocenters. The number of halogens is 1. The summed E-state index contributed by atoms with van der Waals surface area (Å²) < 4.78 is 1.77. The average Bonchev–Trinajstić information content (AvgIpc) is 3.10. The minimum atomic E-state index is -0.414. The minimum Gasteiger partial charge on any atom is -0.268 e. The molecular weight excluding hydrogens is 354 g/mol. The van der Waals surface area contributed by atoms with Crippen molar-refractivity contribution in [2.45, 2.75) is 6.54 Å². The molecule has 0 saturated carbocycles. The summed E-state index contributed by atoms with van der Waals surface area (Å²) in [6.45, 7) is 0.517. The van der Waals surface area contributed by atoms with Gasteiger partial charge in [0.1, 0.15) is 5.15 Å². The maximum atomic E-state index is 10.7. The number of benzene rings is 1. The van der Waals surface area contributed by atoms with Gasteiger partial charge in [-0.3, -0.25) is 19.8 Å². The van der Waals surface area contributed by atoms with Crippen molar-refractivity contribution in [3.8, 4) is 11.1 Å². The summed E-state index contributed by atoms with van der Waals surface area (Å²) in [7, 11) is 0. The standard InChI is InChI=1S/C18H12ClN5O2/c19-18-6-5-16-17(22-18)7-13(8-20-16)14-9-21-23(11-14)10-12-1-3-15(4-2-12)24(25)26/h1-9,11H,10H2. The number of nitrogens with zero attached hydrogens (tertiary/aromatic N) is 5. The molecule has 0 aliphatic heterocycles. The molecule has 0 aliphatic carbocycles. The van der Waals surface area contributed by atoms with Crippen LogP contribution in [0.4, 0.5) is 5.69 Å². The molecule has 0 unspecified atom stereocenters. The molecule has 0 bridgehead atoms. The highest BCUT2D eigenvalue weighted by Gasteiger charge is 2.07. The van der Waals surface area contributed by atoms with Crippen LogP contribution in [0.25, 0.3) is 22.2 Å². The summed E-state index contributed by atoms with van der Waals surface area (Å²) in [6, 6.07) is 11.9. The Balaban J connectivity index is 1.58. The fourth-order valence-corrected chi connectivity index (χ4v) is 2.80. The van der Waals surface area contributed by atoms with Crippen LogP contribution in [0.1, 0.15) is 5.56 Å². The van der Waals surface area contributed by atoms with E-state index < -0.39 is 4.92 Å². The molecule has 3 aromatic heterocycles. The second-order valence-corrected chi connectivity index (χ2v) is 6.13. The Morgan fingerprint density at radius 2 is 1.85 bits per heavy atom. The summed E-state index contributed by atoms with van der Waals surface area (Å²) in [5, 5.41) is 15.5. The molecule has 4 rings (SSSR count). The molecule has 0 fully saturated rings. The Labute approximate surface area is 153 Å². The van der Waals surface area contributed by atoms with Gasteiger partial charge in [0.05, 0.1) is 28.7 Å². The summed E-state index contributed by atoms with van der Waals surface area (Å²) in [4.78, 5) is 19.0. The SMILES string of the molecule is O=[N+]([O-])c1ccc(Cn2cc(-c3cnc4ccc(Cl)nc4c3)cn2)cc1. The predicted octanol–water partition coefficient (Wildman–Crippen LogP) is 4.10. The summed E-state index contributed by atoms with van der Waals surface area (Å²) in [5.41, 5.74) is 4.29. The summed E-state index contributed by atoms with van der Waals surface area (Å²) in [6.07, 6.45) is 5.42. The third-order valence-electron chi connectivity index (χ3n) is 3.96. The monoisotopic (exact) mass is 365 g/mol. The largest absolute Gasteiger partial charge is 0.269 e.